The van der Waals surface area contributed by atoms with E-state index < -0.39 is 0 Å². The van der Waals surface area contributed by atoms with Crippen LogP contribution in [0.2, 0.25) is 0 Å². The topological polar surface area (TPSA) is 53.1 Å². The normalized spacial score (nSPS) is 10.2. The third-order valence-electron chi connectivity index (χ3n) is 2.50. The number of thiocarbonyl (C=S) groups is 1. The average Bonchev–Trinajstić information content (AvgIpc) is 2.88. The minimum Gasteiger partial charge on any atom is -0.494 e. The molecule has 0 aliphatic rings. The molecule has 18 heavy (non-hydrogen) atoms. The number of nitrogens with zero attached hydrogens (tertiary/aromatic N) is 2. The van der Waals surface area contributed by atoms with Crippen molar-refractivity contribution in [3.05, 3.63) is 48.3 Å². The molecule has 0 radical (unpaired) electrons. The number of aromatic nitrogens is 2. The Morgan fingerprint density at radius 2 is 2.11 bits per heavy atom. The van der Waals surface area contributed by atoms with Crippen LogP contribution in [0, 0.1) is 0 Å². The molecule has 0 saturated carbocycles. The molecule has 0 bridgehead atoms. The number of rotatable bonds is 6. The van der Waals surface area contributed by atoms with Gasteiger partial charge < -0.3 is 10.5 Å². The van der Waals surface area contributed by atoms with Crippen molar-refractivity contribution >= 4 is 17.2 Å². The van der Waals surface area contributed by atoms with Gasteiger partial charge in [0.2, 0.25) is 0 Å². The summed E-state index contributed by atoms with van der Waals surface area (Å²) >= 11 is 4.88. The van der Waals surface area contributed by atoms with Gasteiger partial charge in [-0.05, 0) is 30.3 Å². The van der Waals surface area contributed by atoms with Crippen molar-refractivity contribution in [1.29, 1.82) is 0 Å². The fourth-order valence-electron chi connectivity index (χ4n) is 1.56. The van der Waals surface area contributed by atoms with Crippen molar-refractivity contribution < 1.29 is 4.74 Å². The second kappa shape index (κ2) is 6.16. The third-order valence-corrected chi connectivity index (χ3v) is 2.73. The monoisotopic (exact) mass is 261 g/mol. The first-order valence-electron chi connectivity index (χ1n) is 5.76. The highest BCUT2D eigenvalue weighted by Crippen LogP contribution is 2.12. The first kappa shape index (κ1) is 12.6. The standard InChI is InChI=1S/C13H15N3OS/c14-13(18)11-3-5-12(6-4-11)17-10-2-9-16-8-1-7-15-16/h1,3-8H,2,9-10H2,(H2,14,18). The zero-order valence-corrected chi connectivity index (χ0v) is 10.8. The summed E-state index contributed by atoms with van der Waals surface area (Å²) in [6.45, 7) is 1.52. The van der Waals surface area contributed by atoms with Crippen LogP contribution in [0.4, 0.5) is 0 Å². The molecule has 1 aromatic carbocycles. The summed E-state index contributed by atoms with van der Waals surface area (Å²) in [6, 6.07) is 9.40. The van der Waals surface area contributed by atoms with E-state index in [1.807, 2.05) is 41.2 Å². The number of hydrogen-bond acceptors (Lipinski definition) is 3. The zero-order valence-electron chi connectivity index (χ0n) is 9.95. The lowest BCUT2D eigenvalue weighted by Crippen LogP contribution is -2.09. The molecule has 94 valence electrons. The second-order valence-corrected chi connectivity index (χ2v) is 4.30. The van der Waals surface area contributed by atoms with Crippen LogP contribution >= 0.6 is 12.2 Å². The number of aryl methyl sites for hydroxylation is 1. The summed E-state index contributed by atoms with van der Waals surface area (Å²) in [5, 5.41) is 4.12. The van der Waals surface area contributed by atoms with Gasteiger partial charge in [-0.25, -0.2) is 0 Å². The van der Waals surface area contributed by atoms with Gasteiger partial charge in [-0.15, -0.1) is 0 Å². The lowest BCUT2D eigenvalue weighted by molar-refractivity contribution is 0.298. The summed E-state index contributed by atoms with van der Waals surface area (Å²) in [5.74, 6) is 0.829. The first-order valence-corrected chi connectivity index (χ1v) is 6.16. The fraction of sp³-hybridized carbons (Fsp3) is 0.231. The van der Waals surface area contributed by atoms with Crippen LogP contribution in [-0.2, 0) is 6.54 Å². The van der Waals surface area contributed by atoms with E-state index in [9.17, 15) is 0 Å². The summed E-state index contributed by atoms with van der Waals surface area (Å²) in [7, 11) is 0. The predicted molar refractivity (Wildman–Crippen MR) is 74.7 cm³/mol. The van der Waals surface area contributed by atoms with E-state index in [2.05, 4.69) is 5.10 Å². The molecule has 1 heterocycles. The maximum Gasteiger partial charge on any atom is 0.119 e. The summed E-state index contributed by atoms with van der Waals surface area (Å²) in [6.07, 6.45) is 4.63. The van der Waals surface area contributed by atoms with Crippen LogP contribution in [0.15, 0.2) is 42.7 Å². The highest BCUT2D eigenvalue weighted by Gasteiger charge is 1.98. The van der Waals surface area contributed by atoms with Crippen molar-refractivity contribution in [2.75, 3.05) is 6.61 Å². The van der Waals surface area contributed by atoms with E-state index in [-0.39, 0.29) is 0 Å². The minimum atomic E-state index is 0.403. The van der Waals surface area contributed by atoms with E-state index in [0.717, 1.165) is 24.3 Å². The molecule has 0 fully saturated rings. The molecular formula is C13H15N3OS. The minimum absolute atomic E-state index is 0.403. The quantitative estimate of drug-likeness (QED) is 0.638. The fourth-order valence-corrected chi connectivity index (χ4v) is 1.70. The van der Waals surface area contributed by atoms with Gasteiger partial charge in [0.25, 0.3) is 0 Å². The Balaban J connectivity index is 1.75. The molecule has 0 unspecified atom stereocenters. The van der Waals surface area contributed by atoms with E-state index in [0.29, 0.717) is 11.6 Å². The van der Waals surface area contributed by atoms with E-state index in [4.69, 9.17) is 22.7 Å². The van der Waals surface area contributed by atoms with Gasteiger partial charge in [0.1, 0.15) is 10.7 Å². The van der Waals surface area contributed by atoms with Gasteiger partial charge in [0.15, 0.2) is 0 Å². The Labute approximate surface area is 111 Å². The number of nitrogens with two attached hydrogens (primary N) is 1. The van der Waals surface area contributed by atoms with Crippen molar-refractivity contribution in [1.82, 2.24) is 9.78 Å². The van der Waals surface area contributed by atoms with Gasteiger partial charge >= 0.3 is 0 Å². The van der Waals surface area contributed by atoms with Crippen LogP contribution in [-0.4, -0.2) is 21.4 Å². The van der Waals surface area contributed by atoms with Crippen molar-refractivity contribution in [2.24, 2.45) is 5.73 Å². The van der Waals surface area contributed by atoms with Gasteiger partial charge in [0.05, 0.1) is 6.61 Å². The molecule has 0 atom stereocenters. The Kier molecular flexibility index (Phi) is 4.30. The van der Waals surface area contributed by atoms with E-state index in [1.165, 1.54) is 0 Å². The average molecular weight is 261 g/mol. The number of hydrogen-bond donors (Lipinski definition) is 1. The first-order chi connectivity index (χ1) is 8.75. The molecule has 1 aromatic heterocycles. The summed E-state index contributed by atoms with van der Waals surface area (Å²) in [5.41, 5.74) is 6.38. The van der Waals surface area contributed by atoms with Gasteiger partial charge in [-0.3, -0.25) is 4.68 Å². The van der Waals surface area contributed by atoms with Crippen molar-refractivity contribution in [3.8, 4) is 5.75 Å². The van der Waals surface area contributed by atoms with Crippen LogP contribution < -0.4 is 10.5 Å². The Morgan fingerprint density at radius 1 is 1.33 bits per heavy atom. The molecule has 0 spiro atoms. The molecule has 5 heteroatoms. The molecule has 0 aliphatic heterocycles. The van der Waals surface area contributed by atoms with Crippen LogP contribution in [0.25, 0.3) is 0 Å². The molecular weight excluding hydrogens is 246 g/mol. The molecule has 2 rings (SSSR count). The van der Waals surface area contributed by atoms with Crippen molar-refractivity contribution in [3.63, 3.8) is 0 Å². The smallest absolute Gasteiger partial charge is 0.119 e. The van der Waals surface area contributed by atoms with Crippen LogP contribution in [0.3, 0.4) is 0 Å². The predicted octanol–water partition coefficient (Wildman–Crippen LogP) is 1.99. The lowest BCUT2D eigenvalue weighted by atomic mass is 10.2. The van der Waals surface area contributed by atoms with Crippen LogP contribution in [0.1, 0.15) is 12.0 Å². The van der Waals surface area contributed by atoms with Gasteiger partial charge in [-0.2, -0.15) is 5.10 Å². The van der Waals surface area contributed by atoms with E-state index in [1.54, 1.807) is 6.20 Å². The Hall–Kier alpha value is -1.88. The van der Waals surface area contributed by atoms with Gasteiger partial charge in [0, 0.05) is 30.9 Å². The maximum atomic E-state index is 5.61. The maximum absolute atomic E-state index is 5.61. The van der Waals surface area contributed by atoms with E-state index >= 15 is 0 Å². The molecule has 4 nitrogen and oxygen atoms in total. The Bertz CT molecular complexity index is 493. The number of ether oxygens (including phenoxy) is 1. The molecule has 2 N–H and O–H groups in total. The molecule has 0 saturated heterocycles. The van der Waals surface area contributed by atoms with Crippen LogP contribution in [0.5, 0.6) is 5.75 Å². The molecule has 2 aromatic rings. The summed E-state index contributed by atoms with van der Waals surface area (Å²) < 4.78 is 7.50. The highest BCUT2D eigenvalue weighted by molar-refractivity contribution is 7.80. The Morgan fingerprint density at radius 3 is 2.72 bits per heavy atom. The highest BCUT2D eigenvalue weighted by atomic mass is 32.1. The summed E-state index contributed by atoms with van der Waals surface area (Å²) in [4.78, 5) is 0.403. The van der Waals surface area contributed by atoms with Gasteiger partial charge in [-0.1, -0.05) is 12.2 Å². The number of benzene rings is 1. The third kappa shape index (κ3) is 3.56. The second-order valence-electron chi connectivity index (χ2n) is 3.86. The molecule has 0 amide bonds. The van der Waals surface area contributed by atoms with Crippen molar-refractivity contribution in [2.45, 2.75) is 13.0 Å². The lowest BCUT2D eigenvalue weighted by Gasteiger charge is -2.07. The zero-order chi connectivity index (χ0) is 12.8. The SMILES string of the molecule is NC(=S)c1ccc(OCCCn2cccn2)cc1. The molecule has 0 aliphatic carbocycles. The largest absolute Gasteiger partial charge is 0.494 e.